The molecule has 1 rings (SSSR count). The number of benzene rings is 1. The van der Waals surface area contributed by atoms with Gasteiger partial charge in [0.2, 0.25) is 0 Å². The molecule has 1 N–H and O–H groups in total. The van der Waals surface area contributed by atoms with Gasteiger partial charge in [0.05, 0.1) is 19.3 Å². The van der Waals surface area contributed by atoms with Crippen LogP contribution in [0.2, 0.25) is 0 Å². The first-order valence-corrected chi connectivity index (χ1v) is 5.65. The summed E-state index contributed by atoms with van der Waals surface area (Å²) >= 11 is 3.43. The van der Waals surface area contributed by atoms with Crippen LogP contribution in [0.5, 0.6) is 0 Å². The zero-order valence-electron chi connectivity index (χ0n) is 9.00. The van der Waals surface area contributed by atoms with Gasteiger partial charge >= 0.3 is 0 Å². The van der Waals surface area contributed by atoms with Crippen molar-refractivity contribution in [3.63, 3.8) is 0 Å². The fraction of sp³-hybridized carbons (Fsp3) is 0.455. The molecule has 3 nitrogen and oxygen atoms in total. The molecule has 15 heavy (non-hydrogen) atoms. The van der Waals surface area contributed by atoms with Gasteiger partial charge < -0.3 is 4.74 Å². The maximum absolute atomic E-state index is 5.24. The van der Waals surface area contributed by atoms with Crippen molar-refractivity contribution >= 4 is 15.9 Å². The van der Waals surface area contributed by atoms with Gasteiger partial charge in [-0.05, 0) is 24.6 Å². The van der Waals surface area contributed by atoms with Gasteiger partial charge in [-0.2, -0.15) is 5.48 Å². The Kier molecular flexibility index (Phi) is 5.86. The van der Waals surface area contributed by atoms with E-state index in [2.05, 4.69) is 40.5 Å². The van der Waals surface area contributed by atoms with E-state index in [9.17, 15) is 0 Å². The summed E-state index contributed by atoms with van der Waals surface area (Å²) in [7, 11) is 1.65. The Balaban J connectivity index is 2.36. The number of hydrogen-bond donors (Lipinski definition) is 1. The molecule has 1 atom stereocenters. The number of methoxy groups -OCH3 is 1. The van der Waals surface area contributed by atoms with Crippen LogP contribution in [-0.4, -0.2) is 20.3 Å². The van der Waals surface area contributed by atoms with Gasteiger partial charge in [-0.25, -0.2) is 0 Å². The van der Waals surface area contributed by atoms with Gasteiger partial charge in [0, 0.05) is 11.6 Å². The number of hydroxylamine groups is 1. The zero-order valence-corrected chi connectivity index (χ0v) is 10.6. The standard InChI is InChI=1S/C11H16BrNO2/c1-9(13-15-7-6-14-2)10-4-3-5-11(12)8-10/h3-5,8-9,13H,6-7H2,1-2H3. The third-order valence-corrected chi connectivity index (χ3v) is 2.49. The van der Waals surface area contributed by atoms with Crippen molar-refractivity contribution in [3.05, 3.63) is 34.3 Å². The van der Waals surface area contributed by atoms with E-state index in [1.54, 1.807) is 7.11 Å². The molecule has 1 aromatic rings. The van der Waals surface area contributed by atoms with Crippen molar-refractivity contribution in [3.8, 4) is 0 Å². The summed E-state index contributed by atoms with van der Waals surface area (Å²) in [5.41, 5.74) is 4.14. The van der Waals surface area contributed by atoms with E-state index in [4.69, 9.17) is 9.57 Å². The van der Waals surface area contributed by atoms with Gasteiger partial charge in [-0.15, -0.1) is 0 Å². The molecule has 84 valence electrons. The summed E-state index contributed by atoms with van der Waals surface area (Å²) in [6, 6.07) is 8.30. The normalized spacial score (nSPS) is 12.7. The largest absolute Gasteiger partial charge is 0.382 e. The van der Waals surface area contributed by atoms with E-state index in [1.807, 2.05) is 12.1 Å². The van der Waals surface area contributed by atoms with E-state index < -0.39 is 0 Å². The first kappa shape index (κ1) is 12.6. The molecule has 0 saturated carbocycles. The van der Waals surface area contributed by atoms with Gasteiger partial charge in [0.15, 0.2) is 0 Å². The Morgan fingerprint density at radius 3 is 2.87 bits per heavy atom. The minimum absolute atomic E-state index is 0.166. The van der Waals surface area contributed by atoms with Gasteiger partial charge in [0.25, 0.3) is 0 Å². The van der Waals surface area contributed by atoms with Crippen LogP contribution in [0, 0.1) is 0 Å². The summed E-state index contributed by atoms with van der Waals surface area (Å²) < 4.78 is 5.95. The highest BCUT2D eigenvalue weighted by atomic mass is 79.9. The second-order valence-electron chi connectivity index (χ2n) is 3.24. The van der Waals surface area contributed by atoms with Crippen molar-refractivity contribution < 1.29 is 9.57 Å². The fourth-order valence-corrected chi connectivity index (χ4v) is 1.57. The molecule has 0 spiro atoms. The van der Waals surface area contributed by atoms with Crippen LogP contribution in [0.3, 0.4) is 0 Å². The maximum atomic E-state index is 5.24. The van der Waals surface area contributed by atoms with Crippen molar-refractivity contribution in [2.24, 2.45) is 0 Å². The Morgan fingerprint density at radius 1 is 1.40 bits per heavy atom. The highest BCUT2D eigenvalue weighted by Gasteiger charge is 2.04. The van der Waals surface area contributed by atoms with Crippen molar-refractivity contribution in [1.82, 2.24) is 5.48 Å². The molecule has 0 aliphatic heterocycles. The van der Waals surface area contributed by atoms with Crippen LogP contribution in [0.1, 0.15) is 18.5 Å². The predicted molar refractivity (Wildman–Crippen MR) is 63.5 cm³/mol. The molecule has 0 aliphatic carbocycles. The van der Waals surface area contributed by atoms with E-state index in [1.165, 1.54) is 5.56 Å². The number of nitrogens with one attached hydrogen (secondary N) is 1. The van der Waals surface area contributed by atoms with Crippen molar-refractivity contribution in [2.75, 3.05) is 20.3 Å². The Bertz CT molecular complexity index is 294. The SMILES string of the molecule is COCCONC(C)c1cccc(Br)c1. The third-order valence-electron chi connectivity index (χ3n) is 2.00. The Labute approximate surface area is 98.9 Å². The van der Waals surface area contributed by atoms with Gasteiger partial charge in [-0.1, -0.05) is 28.1 Å². The van der Waals surface area contributed by atoms with Crippen LogP contribution in [-0.2, 0) is 9.57 Å². The lowest BCUT2D eigenvalue weighted by molar-refractivity contribution is -0.00925. The van der Waals surface area contributed by atoms with E-state index in [-0.39, 0.29) is 6.04 Å². The number of halogens is 1. The number of hydrogen-bond acceptors (Lipinski definition) is 3. The van der Waals surface area contributed by atoms with E-state index in [0.29, 0.717) is 13.2 Å². The number of ether oxygens (including phenoxy) is 1. The minimum atomic E-state index is 0.166. The highest BCUT2D eigenvalue weighted by molar-refractivity contribution is 9.10. The Hall–Kier alpha value is -0.420. The lowest BCUT2D eigenvalue weighted by atomic mass is 10.1. The second-order valence-corrected chi connectivity index (χ2v) is 4.15. The van der Waals surface area contributed by atoms with Crippen molar-refractivity contribution in [2.45, 2.75) is 13.0 Å². The molecule has 4 heteroatoms. The first-order valence-electron chi connectivity index (χ1n) is 4.85. The predicted octanol–water partition coefficient (Wildman–Crippen LogP) is 2.68. The average Bonchev–Trinajstić information content (AvgIpc) is 2.24. The van der Waals surface area contributed by atoms with Crippen LogP contribution < -0.4 is 5.48 Å². The topological polar surface area (TPSA) is 30.5 Å². The lowest BCUT2D eigenvalue weighted by Gasteiger charge is -2.14. The fourth-order valence-electron chi connectivity index (χ4n) is 1.15. The molecular weight excluding hydrogens is 258 g/mol. The van der Waals surface area contributed by atoms with Gasteiger partial charge in [0.1, 0.15) is 0 Å². The first-order chi connectivity index (χ1) is 7.24. The maximum Gasteiger partial charge on any atom is 0.0916 e. The van der Waals surface area contributed by atoms with Gasteiger partial charge in [-0.3, -0.25) is 4.84 Å². The minimum Gasteiger partial charge on any atom is -0.382 e. The molecular formula is C11H16BrNO2. The molecule has 0 aromatic heterocycles. The Morgan fingerprint density at radius 2 is 2.20 bits per heavy atom. The summed E-state index contributed by atoms with van der Waals surface area (Å²) in [6.45, 7) is 3.20. The summed E-state index contributed by atoms with van der Waals surface area (Å²) in [5, 5.41) is 0. The molecule has 0 saturated heterocycles. The van der Waals surface area contributed by atoms with Crippen LogP contribution in [0.4, 0.5) is 0 Å². The van der Waals surface area contributed by atoms with Crippen LogP contribution >= 0.6 is 15.9 Å². The van der Waals surface area contributed by atoms with Crippen LogP contribution in [0.25, 0.3) is 0 Å². The highest BCUT2D eigenvalue weighted by Crippen LogP contribution is 2.17. The summed E-state index contributed by atoms with van der Waals surface area (Å²) in [6.07, 6.45) is 0. The summed E-state index contributed by atoms with van der Waals surface area (Å²) in [5.74, 6) is 0. The second kappa shape index (κ2) is 6.95. The van der Waals surface area contributed by atoms with Crippen LogP contribution in [0.15, 0.2) is 28.7 Å². The monoisotopic (exact) mass is 273 g/mol. The molecule has 1 unspecified atom stereocenters. The van der Waals surface area contributed by atoms with E-state index in [0.717, 1.165) is 4.47 Å². The van der Waals surface area contributed by atoms with E-state index >= 15 is 0 Å². The molecule has 0 amide bonds. The quantitative estimate of drug-likeness (QED) is 0.639. The molecule has 0 fully saturated rings. The number of rotatable bonds is 6. The molecule has 0 radical (unpaired) electrons. The molecule has 1 aromatic carbocycles. The molecule has 0 heterocycles. The molecule has 0 aliphatic rings. The zero-order chi connectivity index (χ0) is 11.1. The summed E-state index contributed by atoms with van der Waals surface area (Å²) in [4.78, 5) is 5.24. The lowest BCUT2D eigenvalue weighted by Crippen LogP contribution is -2.21. The smallest absolute Gasteiger partial charge is 0.0916 e. The third kappa shape index (κ3) is 4.75. The van der Waals surface area contributed by atoms with Crippen molar-refractivity contribution in [1.29, 1.82) is 0 Å². The average molecular weight is 274 g/mol. The molecule has 0 bridgehead atoms.